The second-order valence-corrected chi connectivity index (χ2v) is 5.33. The van der Waals surface area contributed by atoms with Gasteiger partial charge >= 0.3 is 0 Å². The fourth-order valence-electron chi connectivity index (χ4n) is 2.60. The quantitative estimate of drug-likeness (QED) is 0.768. The first-order valence-corrected chi connectivity index (χ1v) is 5.68. The molecule has 0 bridgehead atoms. The molecule has 0 saturated heterocycles. The minimum absolute atomic E-state index is 0.0698. The fourth-order valence-corrected chi connectivity index (χ4v) is 2.60. The Morgan fingerprint density at radius 2 is 2.00 bits per heavy atom. The van der Waals surface area contributed by atoms with E-state index < -0.39 is 5.60 Å². The van der Waals surface area contributed by atoms with Gasteiger partial charge in [0.15, 0.2) is 0 Å². The van der Waals surface area contributed by atoms with Crippen molar-refractivity contribution in [3.8, 4) is 0 Å². The molecule has 1 heterocycles. The number of hydrogen-bond acceptors (Lipinski definition) is 2. The summed E-state index contributed by atoms with van der Waals surface area (Å²) in [4.78, 5) is 0. The zero-order valence-electron chi connectivity index (χ0n) is 9.82. The molecule has 1 aliphatic carbocycles. The van der Waals surface area contributed by atoms with Gasteiger partial charge in [0.1, 0.15) is 5.60 Å². The van der Waals surface area contributed by atoms with Crippen LogP contribution in [0.4, 0.5) is 0 Å². The van der Waals surface area contributed by atoms with Gasteiger partial charge in [-0.05, 0) is 24.3 Å². The summed E-state index contributed by atoms with van der Waals surface area (Å²) in [5.74, 6) is 0. The molecule has 3 nitrogen and oxygen atoms in total. The lowest BCUT2D eigenvalue weighted by Gasteiger charge is -2.45. The summed E-state index contributed by atoms with van der Waals surface area (Å²) in [7, 11) is 1.89. The van der Waals surface area contributed by atoms with Gasteiger partial charge in [0.25, 0.3) is 0 Å². The van der Waals surface area contributed by atoms with Crippen molar-refractivity contribution in [1.29, 1.82) is 0 Å². The Labute approximate surface area is 91.1 Å². The maximum Gasteiger partial charge on any atom is 0.113 e. The highest BCUT2D eigenvalue weighted by Gasteiger charge is 2.47. The lowest BCUT2D eigenvalue weighted by molar-refractivity contribution is -0.107. The number of hydrogen-bond donors (Lipinski definition) is 1. The van der Waals surface area contributed by atoms with Crippen molar-refractivity contribution in [2.75, 3.05) is 0 Å². The molecule has 0 radical (unpaired) electrons. The molecular formula is C12H20N2O. The van der Waals surface area contributed by atoms with Gasteiger partial charge in [-0.15, -0.1) is 0 Å². The molecule has 0 spiro atoms. The third kappa shape index (κ3) is 1.59. The van der Waals surface area contributed by atoms with E-state index in [1.54, 1.807) is 4.68 Å². The van der Waals surface area contributed by atoms with Crippen LogP contribution in [0.3, 0.4) is 0 Å². The summed E-state index contributed by atoms with van der Waals surface area (Å²) >= 11 is 0. The van der Waals surface area contributed by atoms with Crippen molar-refractivity contribution in [2.24, 2.45) is 12.5 Å². The van der Waals surface area contributed by atoms with Gasteiger partial charge in [-0.25, -0.2) is 0 Å². The third-order valence-electron chi connectivity index (χ3n) is 3.85. The van der Waals surface area contributed by atoms with Gasteiger partial charge in [-0.3, -0.25) is 4.68 Å². The maximum absolute atomic E-state index is 10.8. The lowest BCUT2D eigenvalue weighted by Crippen LogP contribution is -2.44. The minimum Gasteiger partial charge on any atom is -0.383 e. The molecule has 1 atom stereocenters. The zero-order chi connectivity index (χ0) is 11.1. The topological polar surface area (TPSA) is 38.0 Å². The summed E-state index contributed by atoms with van der Waals surface area (Å²) < 4.78 is 1.76. The normalized spacial score (nSPS) is 30.4. The summed E-state index contributed by atoms with van der Waals surface area (Å²) in [6, 6.07) is 1.94. The van der Waals surface area contributed by atoms with E-state index >= 15 is 0 Å². The van der Waals surface area contributed by atoms with Gasteiger partial charge < -0.3 is 5.11 Å². The number of rotatable bonds is 1. The number of nitrogens with zero attached hydrogens (tertiary/aromatic N) is 2. The molecule has 0 aliphatic heterocycles. The standard InChI is InChI=1S/C12H20N2O/c1-11(2)7-4-5-8-12(11,15)10-6-9-14(3)13-10/h6,9,15H,4-5,7-8H2,1-3H3. The number of aromatic nitrogens is 2. The van der Waals surface area contributed by atoms with Crippen LogP contribution in [-0.4, -0.2) is 14.9 Å². The summed E-state index contributed by atoms with van der Waals surface area (Å²) in [6.07, 6.45) is 6.10. The lowest BCUT2D eigenvalue weighted by atomic mass is 9.64. The van der Waals surface area contributed by atoms with Crippen LogP contribution in [0.5, 0.6) is 0 Å². The smallest absolute Gasteiger partial charge is 0.113 e. The second kappa shape index (κ2) is 3.34. The summed E-state index contributed by atoms with van der Waals surface area (Å²) in [5, 5.41) is 15.2. The largest absolute Gasteiger partial charge is 0.383 e. The van der Waals surface area contributed by atoms with Crippen molar-refractivity contribution >= 4 is 0 Å². The number of aliphatic hydroxyl groups is 1. The van der Waals surface area contributed by atoms with Crippen molar-refractivity contribution in [1.82, 2.24) is 9.78 Å². The average molecular weight is 208 g/mol. The molecule has 1 aromatic rings. The van der Waals surface area contributed by atoms with E-state index in [1.807, 2.05) is 19.3 Å². The van der Waals surface area contributed by atoms with Crippen LogP contribution in [0.2, 0.25) is 0 Å². The highest BCUT2D eigenvalue weighted by atomic mass is 16.3. The summed E-state index contributed by atoms with van der Waals surface area (Å²) in [6.45, 7) is 4.28. The Bertz CT molecular complexity index is 356. The third-order valence-corrected chi connectivity index (χ3v) is 3.85. The van der Waals surface area contributed by atoms with Crippen molar-refractivity contribution in [3.05, 3.63) is 18.0 Å². The Hall–Kier alpha value is -0.830. The van der Waals surface area contributed by atoms with Gasteiger partial charge in [0.2, 0.25) is 0 Å². The first-order chi connectivity index (χ1) is 6.96. The monoisotopic (exact) mass is 208 g/mol. The van der Waals surface area contributed by atoms with Gasteiger partial charge in [-0.1, -0.05) is 26.7 Å². The summed E-state index contributed by atoms with van der Waals surface area (Å²) in [5.41, 5.74) is 0.0150. The highest BCUT2D eigenvalue weighted by Crippen LogP contribution is 2.49. The fraction of sp³-hybridized carbons (Fsp3) is 0.750. The molecule has 1 aromatic heterocycles. The Balaban J connectivity index is 2.39. The molecule has 84 valence electrons. The highest BCUT2D eigenvalue weighted by molar-refractivity contribution is 5.16. The Morgan fingerprint density at radius 3 is 2.53 bits per heavy atom. The molecule has 15 heavy (non-hydrogen) atoms. The van der Waals surface area contributed by atoms with Crippen molar-refractivity contribution in [3.63, 3.8) is 0 Å². The van der Waals surface area contributed by atoms with Crippen molar-refractivity contribution < 1.29 is 5.11 Å². The second-order valence-electron chi connectivity index (χ2n) is 5.33. The van der Waals surface area contributed by atoms with Crippen LogP contribution in [0.15, 0.2) is 12.3 Å². The average Bonchev–Trinajstić information content (AvgIpc) is 2.58. The molecule has 1 unspecified atom stereocenters. The van der Waals surface area contributed by atoms with Crippen LogP contribution < -0.4 is 0 Å². The molecule has 2 rings (SSSR count). The maximum atomic E-state index is 10.8. The van der Waals surface area contributed by atoms with Crippen molar-refractivity contribution in [2.45, 2.75) is 45.1 Å². The SMILES string of the molecule is Cn1ccc(C2(O)CCCCC2(C)C)n1. The van der Waals surface area contributed by atoms with E-state index in [2.05, 4.69) is 18.9 Å². The minimum atomic E-state index is -0.744. The van der Waals surface area contributed by atoms with E-state index in [1.165, 1.54) is 6.42 Å². The van der Waals surface area contributed by atoms with Crippen LogP contribution >= 0.6 is 0 Å². The molecule has 1 fully saturated rings. The molecule has 1 aliphatic rings. The molecule has 3 heteroatoms. The molecule has 0 amide bonds. The Morgan fingerprint density at radius 1 is 1.33 bits per heavy atom. The van der Waals surface area contributed by atoms with E-state index in [0.29, 0.717) is 0 Å². The van der Waals surface area contributed by atoms with Crippen LogP contribution in [-0.2, 0) is 12.6 Å². The van der Waals surface area contributed by atoms with E-state index in [0.717, 1.165) is 25.0 Å². The van der Waals surface area contributed by atoms with E-state index in [-0.39, 0.29) is 5.41 Å². The molecule has 1 saturated carbocycles. The van der Waals surface area contributed by atoms with Crippen LogP contribution in [0.25, 0.3) is 0 Å². The first-order valence-electron chi connectivity index (χ1n) is 5.68. The predicted molar refractivity (Wildman–Crippen MR) is 59.4 cm³/mol. The van der Waals surface area contributed by atoms with Gasteiger partial charge in [-0.2, -0.15) is 5.10 Å². The Kier molecular flexibility index (Phi) is 2.38. The van der Waals surface area contributed by atoms with Crippen LogP contribution in [0, 0.1) is 5.41 Å². The molecule has 0 aromatic carbocycles. The van der Waals surface area contributed by atoms with Gasteiger partial charge in [0, 0.05) is 13.2 Å². The zero-order valence-corrected chi connectivity index (χ0v) is 9.82. The van der Waals surface area contributed by atoms with E-state index in [9.17, 15) is 5.11 Å². The van der Waals surface area contributed by atoms with Gasteiger partial charge in [0.05, 0.1) is 5.69 Å². The predicted octanol–water partition coefficient (Wildman–Crippen LogP) is 2.21. The van der Waals surface area contributed by atoms with E-state index in [4.69, 9.17) is 0 Å². The first kappa shape index (κ1) is 10.7. The molecule has 1 N–H and O–H groups in total. The molecular weight excluding hydrogens is 188 g/mol. The van der Waals surface area contributed by atoms with Crippen LogP contribution in [0.1, 0.15) is 45.2 Å². The number of aryl methyl sites for hydroxylation is 1.